The van der Waals surface area contributed by atoms with Crippen LogP contribution in [0.15, 0.2) is 30.8 Å². The van der Waals surface area contributed by atoms with Crippen LogP contribution in [0.3, 0.4) is 0 Å². The van der Waals surface area contributed by atoms with Gasteiger partial charge in [0.05, 0.1) is 19.7 Å². The van der Waals surface area contributed by atoms with Crippen LogP contribution in [0.2, 0.25) is 0 Å². The number of hydrogen-bond donors (Lipinski definition) is 2. The highest BCUT2D eigenvalue weighted by atomic mass is 19.1. The van der Waals surface area contributed by atoms with Gasteiger partial charge in [-0.05, 0) is 55.2 Å². The second-order valence-corrected chi connectivity index (χ2v) is 6.79. The maximum Gasteiger partial charge on any atom is 0.161 e. The average Bonchev–Trinajstić information content (AvgIpc) is 3.02. The Hall–Kier alpha value is -2.89. The standard InChI is InChI=1S/C22H24BFN2O2/c1-12-6-7-18(24)22-21(12)15(14(3)26-22)8-9-25-13(2)16-10-19(27-4)20(28-5)11-17(16)23/h6-7,10-11,25-26H,2,8-9H2,1,3-5H3. The monoisotopic (exact) mass is 378 g/mol. The molecule has 6 heteroatoms. The molecule has 2 radical (unpaired) electrons. The first-order chi connectivity index (χ1) is 13.4. The minimum absolute atomic E-state index is 0.231. The van der Waals surface area contributed by atoms with Gasteiger partial charge >= 0.3 is 0 Å². The zero-order chi connectivity index (χ0) is 20.4. The molecule has 0 aliphatic heterocycles. The highest BCUT2D eigenvalue weighted by Gasteiger charge is 2.14. The largest absolute Gasteiger partial charge is 0.493 e. The van der Waals surface area contributed by atoms with Crippen LogP contribution in [0, 0.1) is 19.7 Å². The molecule has 144 valence electrons. The van der Waals surface area contributed by atoms with Gasteiger partial charge in [-0.25, -0.2) is 4.39 Å². The first-order valence-electron chi connectivity index (χ1n) is 9.08. The van der Waals surface area contributed by atoms with Crippen LogP contribution < -0.4 is 20.3 Å². The van der Waals surface area contributed by atoms with Crippen LogP contribution in [-0.4, -0.2) is 33.6 Å². The van der Waals surface area contributed by atoms with Crippen molar-refractivity contribution in [1.29, 1.82) is 0 Å². The Morgan fingerprint density at radius 1 is 1.18 bits per heavy atom. The molecule has 0 aliphatic rings. The van der Waals surface area contributed by atoms with E-state index in [0.29, 0.717) is 34.7 Å². The molecule has 0 unspecified atom stereocenters. The molecule has 1 heterocycles. The summed E-state index contributed by atoms with van der Waals surface area (Å²) in [5.41, 5.74) is 5.70. The number of ether oxygens (including phenoxy) is 2. The number of aromatic nitrogens is 1. The smallest absolute Gasteiger partial charge is 0.161 e. The van der Waals surface area contributed by atoms with Crippen molar-refractivity contribution in [2.45, 2.75) is 20.3 Å². The van der Waals surface area contributed by atoms with E-state index in [0.717, 1.165) is 34.2 Å². The van der Waals surface area contributed by atoms with E-state index in [1.165, 1.54) is 6.07 Å². The van der Waals surface area contributed by atoms with Crippen LogP contribution in [-0.2, 0) is 6.42 Å². The van der Waals surface area contributed by atoms with Gasteiger partial charge < -0.3 is 19.8 Å². The molecule has 2 aromatic carbocycles. The van der Waals surface area contributed by atoms with Crippen molar-refractivity contribution < 1.29 is 13.9 Å². The van der Waals surface area contributed by atoms with Crippen molar-refractivity contribution >= 4 is 29.9 Å². The van der Waals surface area contributed by atoms with E-state index in [9.17, 15) is 4.39 Å². The highest BCUT2D eigenvalue weighted by Crippen LogP contribution is 2.29. The molecule has 0 fully saturated rings. The van der Waals surface area contributed by atoms with Crippen molar-refractivity contribution in [3.63, 3.8) is 0 Å². The van der Waals surface area contributed by atoms with Crippen molar-refractivity contribution in [3.8, 4) is 11.5 Å². The lowest BCUT2D eigenvalue weighted by Gasteiger charge is -2.16. The summed E-state index contributed by atoms with van der Waals surface area (Å²) in [5.74, 6) is 0.933. The Morgan fingerprint density at radius 2 is 1.86 bits per heavy atom. The molecule has 0 amide bonds. The molecule has 0 aliphatic carbocycles. The van der Waals surface area contributed by atoms with Crippen molar-refractivity contribution in [2.24, 2.45) is 0 Å². The van der Waals surface area contributed by atoms with Gasteiger partial charge in [-0.1, -0.05) is 18.1 Å². The molecule has 0 saturated heterocycles. The number of nitrogens with one attached hydrogen (secondary N) is 2. The van der Waals surface area contributed by atoms with Gasteiger partial charge in [-0.2, -0.15) is 0 Å². The van der Waals surface area contributed by atoms with Gasteiger partial charge in [0.2, 0.25) is 0 Å². The van der Waals surface area contributed by atoms with Crippen molar-refractivity contribution in [3.05, 3.63) is 59.0 Å². The lowest BCUT2D eigenvalue weighted by Crippen LogP contribution is -2.21. The fourth-order valence-corrected chi connectivity index (χ4v) is 3.55. The fourth-order valence-electron chi connectivity index (χ4n) is 3.55. The number of H-pyrrole nitrogens is 1. The first-order valence-corrected chi connectivity index (χ1v) is 9.08. The van der Waals surface area contributed by atoms with Gasteiger partial charge in [0.1, 0.15) is 13.7 Å². The van der Waals surface area contributed by atoms with Gasteiger partial charge in [-0.15, -0.1) is 0 Å². The number of halogens is 1. The van der Waals surface area contributed by atoms with Gasteiger partial charge in [0, 0.05) is 23.3 Å². The van der Waals surface area contributed by atoms with Crippen LogP contribution in [0.1, 0.15) is 22.4 Å². The molecule has 3 aromatic rings. The maximum atomic E-state index is 14.1. The van der Waals surface area contributed by atoms with Crippen LogP contribution in [0.4, 0.5) is 4.39 Å². The van der Waals surface area contributed by atoms with E-state index in [1.54, 1.807) is 26.4 Å². The Labute approximate surface area is 166 Å². The minimum Gasteiger partial charge on any atom is -0.493 e. The number of aryl methyl sites for hydroxylation is 2. The lowest BCUT2D eigenvalue weighted by molar-refractivity contribution is 0.355. The van der Waals surface area contributed by atoms with E-state index in [4.69, 9.17) is 17.3 Å². The Bertz CT molecular complexity index is 1040. The summed E-state index contributed by atoms with van der Waals surface area (Å²) in [5, 5.41) is 4.27. The summed E-state index contributed by atoms with van der Waals surface area (Å²) in [6.07, 6.45) is 0.725. The second kappa shape index (κ2) is 8.01. The normalized spacial score (nSPS) is 10.9. The number of rotatable bonds is 7. The third-order valence-electron chi connectivity index (χ3n) is 5.02. The Kier molecular flexibility index (Phi) is 5.68. The molecule has 3 rings (SSSR count). The van der Waals surface area contributed by atoms with E-state index >= 15 is 0 Å². The van der Waals surface area contributed by atoms with E-state index in [-0.39, 0.29) is 5.82 Å². The third kappa shape index (κ3) is 3.59. The number of methoxy groups -OCH3 is 2. The van der Waals surface area contributed by atoms with E-state index < -0.39 is 0 Å². The molecule has 2 N–H and O–H groups in total. The summed E-state index contributed by atoms with van der Waals surface area (Å²) in [6, 6.07) is 6.83. The maximum absolute atomic E-state index is 14.1. The quantitative estimate of drug-likeness (QED) is 0.619. The number of aromatic amines is 1. The first kappa shape index (κ1) is 19.9. The van der Waals surface area contributed by atoms with E-state index in [2.05, 4.69) is 16.9 Å². The van der Waals surface area contributed by atoms with Crippen molar-refractivity contribution in [2.75, 3.05) is 20.8 Å². The summed E-state index contributed by atoms with van der Waals surface area (Å²) < 4.78 is 24.7. The lowest BCUT2D eigenvalue weighted by atomic mass is 9.88. The molecule has 0 atom stereocenters. The zero-order valence-corrected chi connectivity index (χ0v) is 16.7. The topological polar surface area (TPSA) is 46.3 Å². The molecular formula is C22H24BFN2O2. The summed E-state index contributed by atoms with van der Waals surface area (Å²) in [6.45, 7) is 8.69. The number of fused-ring (bicyclic) bond motifs is 1. The van der Waals surface area contributed by atoms with Crippen LogP contribution >= 0.6 is 0 Å². The highest BCUT2D eigenvalue weighted by molar-refractivity contribution is 6.34. The van der Waals surface area contributed by atoms with Gasteiger partial charge in [0.25, 0.3) is 0 Å². The van der Waals surface area contributed by atoms with Gasteiger partial charge in [-0.3, -0.25) is 0 Å². The summed E-state index contributed by atoms with van der Waals surface area (Å²) in [4.78, 5) is 3.17. The Balaban J connectivity index is 1.78. The second-order valence-electron chi connectivity index (χ2n) is 6.79. The minimum atomic E-state index is -0.231. The SMILES string of the molecule is [B]c1cc(OC)c(OC)cc1C(=C)NCCc1c(C)[nH]c2c(F)ccc(C)c12. The molecule has 0 spiro atoms. The molecular weight excluding hydrogens is 354 g/mol. The summed E-state index contributed by atoms with van der Waals surface area (Å²) >= 11 is 0. The predicted octanol–water partition coefficient (Wildman–Crippen LogP) is 3.54. The summed E-state index contributed by atoms with van der Waals surface area (Å²) in [7, 11) is 9.29. The van der Waals surface area contributed by atoms with E-state index in [1.807, 2.05) is 19.9 Å². The number of hydrogen-bond acceptors (Lipinski definition) is 3. The molecule has 4 nitrogen and oxygen atoms in total. The molecule has 0 bridgehead atoms. The van der Waals surface area contributed by atoms with Crippen molar-refractivity contribution in [1.82, 2.24) is 10.3 Å². The molecule has 0 saturated carbocycles. The average molecular weight is 378 g/mol. The Morgan fingerprint density at radius 3 is 2.54 bits per heavy atom. The fraction of sp³-hybridized carbons (Fsp3) is 0.273. The molecule has 28 heavy (non-hydrogen) atoms. The number of benzene rings is 2. The van der Waals surface area contributed by atoms with Crippen LogP contribution in [0.25, 0.3) is 16.6 Å². The van der Waals surface area contributed by atoms with Crippen LogP contribution in [0.5, 0.6) is 11.5 Å². The third-order valence-corrected chi connectivity index (χ3v) is 5.02. The zero-order valence-electron chi connectivity index (χ0n) is 16.7. The van der Waals surface area contributed by atoms with Gasteiger partial charge in [0.15, 0.2) is 11.5 Å². The molecule has 1 aromatic heterocycles. The predicted molar refractivity (Wildman–Crippen MR) is 113 cm³/mol.